The molecule has 0 aliphatic carbocycles. The molecule has 0 bridgehead atoms. The van der Waals surface area contributed by atoms with Crippen molar-refractivity contribution < 1.29 is 4.74 Å². The number of rotatable bonds is 5. The van der Waals surface area contributed by atoms with Gasteiger partial charge in [-0.1, -0.05) is 11.6 Å². The highest BCUT2D eigenvalue weighted by Gasteiger charge is 2.13. The average Bonchev–Trinajstić information content (AvgIpc) is 2.42. The van der Waals surface area contributed by atoms with Crippen molar-refractivity contribution in [2.75, 3.05) is 11.9 Å². The van der Waals surface area contributed by atoms with E-state index in [1.54, 1.807) is 6.20 Å². The van der Waals surface area contributed by atoms with Gasteiger partial charge in [-0.15, -0.1) is 0 Å². The summed E-state index contributed by atoms with van der Waals surface area (Å²) in [5.41, 5.74) is 8.51. The minimum absolute atomic E-state index is 0.324. The first-order valence-electron chi connectivity index (χ1n) is 6.49. The monoisotopic (exact) mass is 291 g/mol. The number of hydrogen-bond donors (Lipinski definition) is 2. The molecule has 2 aromatic rings. The predicted molar refractivity (Wildman–Crippen MR) is 82.8 cm³/mol. The highest BCUT2D eigenvalue weighted by Crippen LogP contribution is 2.35. The summed E-state index contributed by atoms with van der Waals surface area (Å²) < 4.78 is 5.69. The highest BCUT2D eigenvalue weighted by atomic mass is 35.5. The van der Waals surface area contributed by atoms with E-state index >= 15 is 0 Å². The van der Waals surface area contributed by atoms with Gasteiger partial charge in [-0.2, -0.15) is 0 Å². The molecular weight excluding hydrogens is 274 g/mol. The molecule has 4 nitrogen and oxygen atoms in total. The normalized spacial score (nSPS) is 10.4. The number of ether oxygens (including phenoxy) is 1. The lowest BCUT2D eigenvalue weighted by atomic mass is 10.1. The van der Waals surface area contributed by atoms with Crippen LogP contribution in [0.2, 0.25) is 5.02 Å². The van der Waals surface area contributed by atoms with E-state index in [0.29, 0.717) is 23.9 Å². The molecule has 0 saturated heterocycles. The maximum Gasteiger partial charge on any atom is 0.148 e. The summed E-state index contributed by atoms with van der Waals surface area (Å²) >= 11 is 6.16. The first-order valence-corrected chi connectivity index (χ1v) is 6.87. The molecular formula is C15H18ClN3O. The molecule has 1 aromatic carbocycles. The fourth-order valence-electron chi connectivity index (χ4n) is 1.94. The number of benzene rings is 1. The number of pyridine rings is 1. The first-order chi connectivity index (χ1) is 9.65. The van der Waals surface area contributed by atoms with Crippen LogP contribution >= 0.6 is 11.6 Å². The molecule has 5 heteroatoms. The van der Waals surface area contributed by atoms with Crippen LogP contribution in [0, 0.1) is 6.92 Å². The molecule has 3 N–H and O–H groups in total. The lowest BCUT2D eigenvalue weighted by molar-refractivity contribution is 0.338. The molecule has 0 atom stereocenters. The van der Waals surface area contributed by atoms with Crippen LogP contribution in [0.4, 0.5) is 11.5 Å². The molecule has 2 rings (SSSR count). The van der Waals surface area contributed by atoms with Gasteiger partial charge in [-0.25, -0.2) is 4.98 Å². The van der Waals surface area contributed by atoms with Gasteiger partial charge in [0.2, 0.25) is 0 Å². The van der Waals surface area contributed by atoms with E-state index in [1.807, 2.05) is 38.1 Å². The van der Waals surface area contributed by atoms with Gasteiger partial charge in [-0.05, 0) is 43.7 Å². The molecule has 106 valence electrons. The van der Waals surface area contributed by atoms with Crippen molar-refractivity contribution in [2.45, 2.75) is 20.4 Å². The Kier molecular flexibility index (Phi) is 4.82. The van der Waals surface area contributed by atoms with E-state index in [0.717, 1.165) is 22.6 Å². The second-order valence-electron chi connectivity index (χ2n) is 4.38. The topological polar surface area (TPSA) is 60.2 Å². The summed E-state index contributed by atoms with van der Waals surface area (Å²) in [6.07, 6.45) is 1.76. The number of nitrogens with two attached hydrogens (primary N) is 1. The molecule has 0 unspecified atom stereocenters. The van der Waals surface area contributed by atoms with Crippen molar-refractivity contribution in [3.8, 4) is 5.75 Å². The van der Waals surface area contributed by atoms with Crippen molar-refractivity contribution in [2.24, 2.45) is 5.73 Å². The van der Waals surface area contributed by atoms with Crippen LogP contribution in [0.25, 0.3) is 0 Å². The quantitative estimate of drug-likeness (QED) is 0.883. The van der Waals surface area contributed by atoms with Crippen LogP contribution in [0.3, 0.4) is 0 Å². The minimum Gasteiger partial charge on any atom is -0.491 e. The van der Waals surface area contributed by atoms with Gasteiger partial charge in [0.25, 0.3) is 0 Å². The molecule has 0 aliphatic rings. The Morgan fingerprint density at radius 2 is 2.15 bits per heavy atom. The van der Waals surface area contributed by atoms with Crippen LogP contribution in [0.15, 0.2) is 30.5 Å². The van der Waals surface area contributed by atoms with Crippen molar-refractivity contribution in [3.63, 3.8) is 0 Å². The number of nitrogens with one attached hydrogen (secondary N) is 1. The maximum atomic E-state index is 6.16. The molecule has 0 fully saturated rings. The van der Waals surface area contributed by atoms with Crippen LogP contribution in [-0.4, -0.2) is 11.6 Å². The number of aryl methyl sites for hydroxylation is 1. The summed E-state index contributed by atoms with van der Waals surface area (Å²) in [7, 11) is 0. The number of aromatic nitrogens is 1. The van der Waals surface area contributed by atoms with Gasteiger partial charge >= 0.3 is 0 Å². The van der Waals surface area contributed by atoms with Crippen LogP contribution in [0.1, 0.15) is 18.1 Å². The number of anilines is 2. The van der Waals surface area contributed by atoms with Gasteiger partial charge in [0.05, 0.1) is 12.3 Å². The Labute approximate surface area is 123 Å². The third-order valence-electron chi connectivity index (χ3n) is 2.87. The van der Waals surface area contributed by atoms with Crippen LogP contribution in [0.5, 0.6) is 5.75 Å². The Balaban J connectivity index is 2.40. The molecule has 20 heavy (non-hydrogen) atoms. The highest BCUT2D eigenvalue weighted by molar-refractivity contribution is 6.31. The lowest BCUT2D eigenvalue weighted by Crippen LogP contribution is -2.06. The summed E-state index contributed by atoms with van der Waals surface area (Å²) in [6.45, 7) is 4.81. The zero-order chi connectivity index (χ0) is 14.5. The smallest absolute Gasteiger partial charge is 0.148 e. The first kappa shape index (κ1) is 14.6. The molecule has 1 aromatic heterocycles. The third-order valence-corrected chi connectivity index (χ3v) is 3.23. The van der Waals surface area contributed by atoms with Crippen molar-refractivity contribution >= 4 is 23.1 Å². The molecule has 0 radical (unpaired) electrons. The van der Waals surface area contributed by atoms with Gasteiger partial charge in [-0.3, -0.25) is 0 Å². The summed E-state index contributed by atoms with van der Waals surface area (Å²) in [5, 5.41) is 3.86. The van der Waals surface area contributed by atoms with E-state index in [4.69, 9.17) is 22.1 Å². The van der Waals surface area contributed by atoms with Crippen molar-refractivity contribution in [1.29, 1.82) is 0 Å². The van der Waals surface area contributed by atoms with Gasteiger partial charge < -0.3 is 15.8 Å². The maximum absolute atomic E-state index is 6.16. The van der Waals surface area contributed by atoms with E-state index in [-0.39, 0.29) is 0 Å². The largest absolute Gasteiger partial charge is 0.491 e. The van der Waals surface area contributed by atoms with Gasteiger partial charge in [0.1, 0.15) is 11.6 Å². The number of hydrogen-bond acceptors (Lipinski definition) is 4. The second-order valence-corrected chi connectivity index (χ2v) is 4.79. The van der Waals surface area contributed by atoms with Crippen molar-refractivity contribution in [1.82, 2.24) is 4.98 Å². The van der Waals surface area contributed by atoms with E-state index < -0.39 is 0 Å². The zero-order valence-electron chi connectivity index (χ0n) is 11.6. The number of nitrogens with zero attached hydrogens (tertiary/aromatic N) is 1. The second kappa shape index (κ2) is 6.59. The molecule has 0 amide bonds. The van der Waals surface area contributed by atoms with Gasteiger partial charge in [0.15, 0.2) is 0 Å². The standard InChI is InChI=1S/C15H18ClN3O/c1-3-20-15-11(9-17)12(16)4-5-13(15)19-14-8-10(2)6-7-18-14/h4-8H,3,9,17H2,1-2H3,(H,18,19). The fraction of sp³-hybridized carbons (Fsp3) is 0.267. The zero-order valence-corrected chi connectivity index (χ0v) is 12.4. The van der Waals surface area contributed by atoms with Gasteiger partial charge in [0, 0.05) is 23.3 Å². The van der Waals surface area contributed by atoms with Crippen LogP contribution in [-0.2, 0) is 6.54 Å². The summed E-state index contributed by atoms with van der Waals surface area (Å²) in [6, 6.07) is 7.59. The Hall–Kier alpha value is -1.78. The fourth-order valence-corrected chi connectivity index (χ4v) is 2.17. The van der Waals surface area contributed by atoms with Crippen molar-refractivity contribution in [3.05, 3.63) is 46.6 Å². The Morgan fingerprint density at radius 3 is 2.80 bits per heavy atom. The van der Waals surface area contributed by atoms with E-state index in [1.165, 1.54) is 0 Å². The molecule has 1 heterocycles. The molecule has 0 spiro atoms. The Morgan fingerprint density at radius 1 is 1.35 bits per heavy atom. The average molecular weight is 292 g/mol. The molecule has 0 aliphatic heterocycles. The summed E-state index contributed by atoms with van der Waals surface area (Å²) in [5.74, 6) is 1.45. The third kappa shape index (κ3) is 3.21. The van der Waals surface area contributed by atoms with E-state index in [2.05, 4.69) is 10.3 Å². The SMILES string of the molecule is CCOc1c(Nc2cc(C)ccn2)ccc(Cl)c1CN. The Bertz CT molecular complexity index is 602. The molecule has 0 saturated carbocycles. The number of halogens is 1. The lowest BCUT2D eigenvalue weighted by Gasteiger charge is -2.16. The van der Waals surface area contributed by atoms with E-state index in [9.17, 15) is 0 Å². The predicted octanol–water partition coefficient (Wildman–Crippen LogP) is 3.64. The summed E-state index contributed by atoms with van der Waals surface area (Å²) in [4.78, 5) is 4.28. The van der Waals surface area contributed by atoms with Crippen LogP contribution < -0.4 is 15.8 Å². The minimum atomic E-state index is 0.324.